The average Bonchev–Trinajstić information content (AvgIpc) is 3.07. The fourth-order valence-corrected chi connectivity index (χ4v) is 3.45. The summed E-state index contributed by atoms with van der Waals surface area (Å²) in [4.78, 5) is -0.412. The lowest BCUT2D eigenvalue weighted by Crippen LogP contribution is -2.26. The largest absolute Gasteiger partial charge is 0.399 e. The lowest BCUT2D eigenvalue weighted by molar-refractivity contribution is 0.551. The van der Waals surface area contributed by atoms with Gasteiger partial charge >= 0.3 is 0 Å². The van der Waals surface area contributed by atoms with Gasteiger partial charge in [-0.05, 0) is 40.4 Å². The minimum atomic E-state index is -3.84. The predicted molar refractivity (Wildman–Crippen MR) is 71.0 cm³/mol. The molecule has 100 valence electrons. The number of hydrogen-bond acceptors (Lipinski definition) is 3. The van der Waals surface area contributed by atoms with Gasteiger partial charge < -0.3 is 5.73 Å². The molecule has 0 saturated heterocycles. The van der Waals surface area contributed by atoms with Crippen molar-refractivity contribution < 1.29 is 12.8 Å². The van der Waals surface area contributed by atoms with Crippen LogP contribution in [0.2, 0.25) is 0 Å². The van der Waals surface area contributed by atoms with Gasteiger partial charge in [0.1, 0.15) is 4.90 Å². The van der Waals surface area contributed by atoms with Crippen LogP contribution in [0.5, 0.6) is 0 Å². The average molecular weight is 337 g/mol. The van der Waals surface area contributed by atoms with Crippen molar-refractivity contribution in [3.63, 3.8) is 0 Å². The summed E-state index contributed by atoms with van der Waals surface area (Å²) in [6.07, 6.45) is 3.10. The number of nitrogens with two attached hydrogens (primary N) is 1. The normalized spacial score (nSPS) is 15.9. The van der Waals surface area contributed by atoms with Crippen molar-refractivity contribution >= 4 is 31.6 Å². The second kappa shape index (κ2) is 5.14. The molecule has 18 heavy (non-hydrogen) atoms. The Bertz CT molecular complexity index is 558. The van der Waals surface area contributed by atoms with Gasteiger partial charge in [0.2, 0.25) is 10.0 Å². The minimum absolute atomic E-state index is 0.0464. The highest BCUT2D eigenvalue weighted by Gasteiger charge is 2.24. The van der Waals surface area contributed by atoms with E-state index < -0.39 is 20.7 Å². The number of nitrogens with one attached hydrogen (secondary N) is 1. The van der Waals surface area contributed by atoms with Crippen LogP contribution >= 0.6 is 15.9 Å². The van der Waals surface area contributed by atoms with E-state index in [-0.39, 0.29) is 10.2 Å². The van der Waals surface area contributed by atoms with Crippen LogP contribution in [0.25, 0.3) is 0 Å². The molecule has 7 heteroatoms. The number of hydrogen-bond donors (Lipinski definition) is 2. The van der Waals surface area contributed by atoms with Gasteiger partial charge in [0.15, 0.2) is 5.82 Å². The maximum atomic E-state index is 13.8. The zero-order chi connectivity index (χ0) is 13.3. The summed E-state index contributed by atoms with van der Waals surface area (Å²) < 4.78 is 40.1. The molecule has 2 rings (SSSR count). The molecular weight excluding hydrogens is 323 g/mol. The van der Waals surface area contributed by atoms with Gasteiger partial charge in [-0.25, -0.2) is 17.5 Å². The number of anilines is 1. The first-order valence-electron chi connectivity index (χ1n) is 5.64. The SMILES string of the molecule is Nc1cc(Br)c(F)c(S(=O)(=O)NCCC2CC2)c1. The maximum Gasteiger partial charge on any atom is 0.243 e. The standard InChI is InChI=1S/C11H14BrFN2O2S/c12-9-5-8(14)6-10(11(9)13)18(16,17)15-4-3-7-1-2-7/h5-7,15H,1-4,14H2. The van der Waals surface area contributed by atoms with E-state index in [1.165, 1.54) is 6.07 Å². The van der Waals surface area contributed by atoms with Gasteiger partial charge in [-0.15, -0.1) is 0 Å². The van der Waals surface area contributed by atoms with Crippen LogP contribution in [0.4, 0.5) is 10.1 Å². The Morgan fingerprint density at radius 3 is 2.72 bits per heavy atom. The lowest BCUT2D eigenvalue weighted by Gasteiger charge is -2.09. The summed E-state index contributed by atoms with van der Waals surface area (Å²) in [6, 6.07) is 2.46. The van der Waals surface area contributed by atoms with Crippen molar-refractivity contribution in [1.82, 2.24) is 4.72 Å². The van der Waals surface area contributed by atoms with E-state index in [4.69, 9.17) is 5.73 Å². The van der Waals surface area contributed by atoms with Crippen LogP contribution in [0.3, 0.4) is 0 Å². The Balaban J connectivity index is 2.17. The summed E-state index contributed by atoms with van der Waals surface area (Å²) in [5.41, 5.74) is 5.72. The summed E-state index contributed by atoms with van der Waals surface area (Å²) in [6.45, 7) is 0.332. The molecule has 0 radical (unpaired) electrons. The lowest BCUT2D eigenvalue weighted by atomic mass is 10.3. The van der Waals surface area contributed by atoms with Crippen molar-refractivity contribution in [2.75, 3.05) is 12.3 Å². The highest BCUT2D eigenvalue weighted by molar-refractivity contribution is 9.10. The first kappa shape index (κ1) is 13.8. The zero-order valence-corrected chi connectivity index (χ0v) is 12.0. The molecular formula is C11H14BrFN2O2S. The van der Waals surface area contributed by atoms with Gasteiger partial charge in [-0.3, -0.25) is 0 Å². The number of benzene rings is 1. The molecule has 0 amide bonds. The van der Waals surface area contributed by atoms with E-state index in [1.807, 2.05) is 0 Å². The van der Waals surface area contributed by atoms with Crippen LogP contribution in [0.15, 0.2) is 21.5 Å². The van der Waals surface area contributed by atoms with Crippen molar-refractivity contribution in [2.24, 2.45) is 5.92 Å². The molecule has 1 aromatic carbocycles. The number of halogens is 2. The topological polar surface area (TPSA) is 72.2 Å². The first-order valence-corrected chi connectivity index (χ1v) is 7.92. The van der Waals surface area contributed by atoms with Gasteiger partial charge in [-0.2, -0.15) is 0 Å². The third kappa shape index (κ3) is 3.21. The number of rotatable bonds is 5. The smallest absolute Gasteiger partial charge is 0.243 e. The quantitative estimate of drug-likeness (QED) is 0.810. The number of nitrogen functional groups attached to an aromatic ring is 1. The molecule has 1 aliphatic rings. The molecule has 0 heterocycles. The van der Waals surface area contributed by atoms with Crippen molar-refractivity contribution in [3.8, 4) is 0 Å². The van der Waals surface area contributed by atoms with Gasteiger partial charge in [0, 0.05) is 12.2 Å². The molecule has 1 fully saturated rings. The Morgan fingerprint density at radius 1 is 1.44 bits per heavy atom. The molecule has 0 atom stereocenters. The van der Waals surface area contributed by atoms with E-state index in [0.717, 1.165) is 25.3 Å². The van der Waals surface area contributed by atoms with E-state index in [2.05, 4.69) is 20.7 Å². The molecule has 4 nitrogen and oxygen atoms in total. The van der Waals surface area contributed by atoms with Crippen LogP contribution < -0.4 is 10.5 Å². The van der Waals surface area contributed by atoms with Crippen molar-refractivity contribution in [2.45, 2.75) is 24.2 Å². The van der Waals surface area contributed by atoms with E-state index >= 15 is 0 Å². The Hall–Kier alpha value is -0.660. The van der Waals surface area contributed by atoms with Crippen LogP contribution in [-0.4, -0.2) is 15.0 Å². The highest BCUT2D eigenvalue weighted by atomic mass is 79.9. The van der Waals surface area contributed by atoms with Gasteiger partial charge in [0.25, 0.3) is 0 Å². The second-order valence-electron chi connectivity index (χ2n) is 4.44. The monoisotopic (exact) mass is 336 g/mol. The Kier molecular flexibility index (Phi) is 3.93. The van der Waals surface area contributed by atoms with Gasteiger partial charge in [0.05, 0.1) is 4.47 Å². The molecule has 1 aliphatic carbocycles. The van der Waals surface area contributed by atoms with E-state index in [1.54, 1.807) is 0 Å². The summed E-state index contributed by atoms with van der Waals surface area (Å²) in [7, 11) is -3.84. The Labute approximate surface area is 114 Å². The highest BCUT2D eigenvalue weighted by Crippen LogP contribution is 2.32. The van der Waals surface area contributed by atoms with Crippen molar-refractivity contribution in [1.29, 1.82) is 0 Å². The molecule has 0 unspecified atom stereocenters. The number of sulfonamides is 1. The molecule has 0 spiro atoms. The van der Waals surface area contributed by atoms with Crippen LogP contribution in [0, 0.1) is 11.7 Å². The van der Waals surface area contributed by atoms with Crippen LogP contribution in [-0.2, 0) is 10.0 Å². The van der Waals surface area contributed by atoms with Crippen molar-refractivity contribution in [3.05, 3.63) is 22.4 Å². The van der Waals surface area contributed by atoms with E-state index in [0.29, 0.717) is 12.5 Å². The van der Waals surface area contributed by atoms with E-state index in [9.17, 15) is 12.8 Å². The second-order valence-corrected chi connectivity index (χ2v) is 7.03. The fraction of sp³-hybridized carbons (Fsp3) is 0.455. The maximum absolute atomic E-state index is 13.8. The molecule has 1 saturated carbocycles. The fourth-order valence-electron chi connectivity index (χ4n) is 1.66. The summed E-state index contributed by atoms with van der Waals surface area (Å²) >= 11 is 2.94. The molecule has 0 aliphatic heterocycles. The van der Waals surface area contributed by atoms with Gasteiger partial charge in [-0.1, -0.05) is 12.8 Å². The Morgan fingerprint density at radius 2 is 2.11 bits per heavy atom. The first-order chi connectivity index (χ1) is 8.40. The minimum Gasteiger partial charge on any atom is -0.399 e. The molecule has 3 N–H and O–H groups in total. The summed E-state index contributed by atoms with van der Waals surface area (Å²) in [5.74, 6) is -0.201. The predicted octanol–water partition coefficient (Wildman–Crippen LogP) is 2.25. The molecule has 1 aromatic rings. The molecule has 0 bridgehead atoms. The molecule has 0 aromatic heterocycles. The zero-order valence-electron chi connectivity index (χ0n) is 9.62. The summed E-state index contributed by atoms with van der Waals surface area (Å²) in [5, 5.41) is 0. The third-order valence-corrected chi connectivity index (χ3v) is 4.89. The third-order valence-electron chi connectivity index (χ3n) is 2.85. The van der Waals surface area contributed by atoms with Crippen LogP contribution in [0.1, 0.15) is 19.3 Å².